The molecule has 0 bridgehead atoms. The van der Waals surface area contributed by atoms with Gasteiger partial charge in [-0.05, 0) is 24.3 Å². The molecule has 0 atom stereocenters. The highest BCUT2D eigenvalue weighted by Crippen LogP contribution is 2.25. The molecule has 2 heterocycles. The van der Waals surface area contributed by atoms with Crippen LogP contribution in [0.25, 0.3) is 10.7 Å². The largest absolute Gasteiger partial charge is 0.463 e. The third-order valence-corrected chi connectivity index (χ3v) is 3.29. The Balaban J connectivity index is 2.37. The van der Waals surface area contributed by atoms with Crippen molar-refractivity contribution in [3.8, 4) is 16.7 Å². The second-order valence-electron chi connectivity index (χ2n) is 4.53. The Morgan fingerprint density at radius 2 is 2.32 bits per heavy atom. The van der Waals surface area contributed by atoms with E-state index in [1.54, 1.807) is 0 Å². The van der Waals surface area contributed by atoms with Crippen molar-refractivity contribution in [2.45, 2.75) is 27.2 Å². The first-order chi connectivity index (χ1) is 9.11. The molecule has 0 aliphatic heterocycles. The van der Waals surface area contributed by atoms with E-state index in [1.807, 2.05) is 38.3 Å². The Labute approximate surface area is 116 Å². The highest BCUT2D eigenvalue weighted by Gasteiger charge is 2.19. The molecule has 2 aromatic rings. The van der Waals surface area contributed by atoms with Gasteiger partial charge in [-0.25, -0.2) is 0 Å². The Morgan fingerprint density at radius 3 is 2.89 bits per heavy atom. The first-order valence-corrected chi connectivity index (χ1v) is 7.16. The molecule has 0 aliphatic carbocycles. The Hall–Kier alpha value is -1.69. The minimum atomic E-state index is -0.0585. The number of thiophene rings is 1. The second kappa shape index (κ2) is 5.97. The SMILES string of the molecule is CCOc1nc(-c2cccs2)n(C(=O)CC(C)C)n1. The molecule has 0 radical (unpaired) electrons. The molecule has 0 fully saturated rings. The van der Waals surface area contributed by atoms with Gasteiger partial charge in [0, 0.05) is 6.42 Å². The van der Waals surface area contributed by atoms with Gasteiger partial charge in [-0.3, -0.25) is 4.79 Å². The summed E-state index contributed by atoms with van der Waals surface area (Å²) in [6.45, 7) is 6.35. The number of aromatic nitrogens is 3. The zero-order valence-electron chi connectivity index (χ0n) is 11.3. The monoisotopic (exact) mass is 279 g/mol. The summed E-state index contributed by atoms with van der Waals surface area (Å²) in [6, 6.07) is 4.10. The van der Waals surface area contributed by atoms with Crippen LogP contribution in [0.1, 0.15) is 32.0 Å². The third-order valence-electron chi connectivity index (χ3n) is 2.42. The van der Waals surface area contributed by atoms with Crippen LogP contribution < -0.4 is 4.74 Å². The van der Waals surface area contributed by atoms with Crippen molar-refractivity contribution in [1.29, 1.82) is 0 Å². The Bertz CT molecular complexity index is 546. The molecule has 0 aliphatic rings. The molecule has 0 spiro atoms. The number of carbonyl (C=O) groups is 1. The van der Waals surface area contributed by atoms with Crippen molar-refractivity contribution in [2.75, 3.05) is 6.61 Å². The maximum Gasteiger partial charge on any atom is 0.336 e. The summed E-state index contributed by atoms with van der Waals surface area (Å²) in [5, 5.41) is 6.10. The summed E-state index contributed by atoms with van der Waals surface area (Å²) in [7, 11) is 0. The number of hydrogen-bond donors (Lipinski definition) is 0. The van der Waals surface area contributed by atoms with E-state index in [0.717, 1.165) is 4.88 Å². The lowest BCUT2D eigenvalue weighted by molar-refractivity contribution is 0.0870. The van der Waals surface area contributed by atoms with Crippen LogP contribution in [0, 0.1) is 5.92 Å². The van der Waals surface area contributed by atoms with Gasteiger partial charge in [-0.2, -0.15) is 9.67 Å². The normalized spacial score (nSPS) is 10.9. The minimum Gasteiger partial charge on any atom is -0.463 e. The third kappa shape index (κ3) is 3.20. The van der Waals surface area contributed by atoms with E-state index >= 15 is 0 Å². The quantitative estimate of drug-likeness (QED) is 0.844. The van der Waals surface area contributed by atoms with Crippen LogP contribution >= 0.6 is 11.3 Å². The lowest BCUT2D eigenvalue weighted by atomic mass is 10.1. The zero-order chi connectivity index (χ0) is 13.8. The van der Waals surface area contributed by atoms with Gasteiger partial charge in [0.2, 0.25) is 5.91 Å². The fourth-order valence-corrected chi connectivity index (χ4v) is 2.36. The molecule has 2 aromatic heterocycles. The van der Waals surface area contributed by atoms with Gasteiger partial charge in [-0.1, -0.05) is 19.9 Å². The van der Waals surface area contributed by atoms with Crippen LogP contribution in [0.15, 0.2) is 17.5 Å². The summed E-state index contributed by atoms with van der Waals surface area (Å²) in [6.07, 6.45) is 0.438. The molecule has 0 aromatic carbocycles. The van der Waals surface area contributed by atoms with E-state index in [2.05, 4.69) is 10.1 Å². The lowest BCUT2D eigenvalue weighted by Gasteiger charge is -2.05. The summed E-state index contributed by atoms with van der Waals surface area (Å²) in [5.74, 6) is 0.782. The molecule has 0 saturated heterocycles. The van der Waals surface area contributed by atoms with E-state index < -0.39 is 0 Å². The molecule has 6 heteroatoms. The standard InChI is InChI=1S/C13H17N3O2S/c1-4-18-13-14-12(10-6-5-7-19-10)16(15-13)11(17)8-9(2)3/h5-7,9H,4,8H2,1-3H3. The van der Waals surface area contributed by atoms with Crippen molar-refractivity contribution in [1.82, 2.24) is 14.8 Å². The molecular formula is C13H17N3O2S. The number of ether oxygens (including phenoxy) is 1. The minimum absolute atomic E-state index is 0.0585. The molecule has 102 valence electrons. The van der Waals surface area contributed by atoms with Gasteiger partial charge >= 0.3 is 6.01 Å². The zero-order valence-corrected chi connectivity index (χ0v) is 12.1. The van der Waals surface area contributed by atoms with Gasteiger partial charge in [0.25, 0.3) is 0 Å². The van der Waals surface area contributed by atoms with Crippen LogP contribution in [0.5, 0.6) is 6.01 Å². The van der Waals surface area contributed by atoms with Gasteiger partial charge in [-0.15, -0.1) is 16.4 Å². The highest BCUT2D eigenvalue weighted by atomic mass is 32.1. The predicted molar refractivity (Wildman–Crippen MR) is 74.6 cm³/mol. The summed E-state index contributed by atoms with van der Waals surface area (Å²) < 4.78 is 6.65. The van der Waals surface area contributed by atoms with Crippen LogP contribution in [-0.4, -0.2) is 27.3 Å². The topological polar surface area (TPSA) is 57.0 Å². The van der Waals surface area contributed by atoms with Crippen molar-refractivity contribution < 1.29 is 9.53 Å². The summed E-state index contributed by atoms with van der Waals surface area (Å²) >= 11 is 1.53. The molecule has 0 saturated carbocycles. The number of carbonyl (C=O) groups excluding carboxylic acids is 1. The fourth-order valence-electron chi connectivity index (χ4n) is 1.66. The fraction of sp³-hybridized carbons (Fsp3) is 0.462. The van der Waals surface area contributed by atoms with Crippen LogP contribution in [0.4, 0.5) is 0 Å². The summed E-state index contributed by atoms with van der Waals surface area (Å²) in [5.41, 5.74) is 0. The maximum atomic E-state index is 12.2. The van der Waals surface area contributed by atoms with Crippen LogP contribution in [0.3, 0.4) is 0 Å². The number of hydrogen-bond acceptors (Lipinski definition) is 5. The molecule has 0 unspecified atom stereocenters. The average Bonchev–Trinajstić information content (AvgIpc) is 2.95. The summed E-state index contributed by atoms with van der Waals surface area (Å²) in [4.78, 5) is 17.4. The van der Waals surface area contributed by atoms with Crippen molar-refractivity contribution in [3.05, 3.63) is 17.5 Å². The first-order valence-electron chi connectivity index (χ1n) is 6.28. The van der Waals surface area contributed by atoms with E-state index in [1.165, 1.54) is 16.0 Å². The highest BCUT2D eigenvalue weighted by molar-refractivity contribution is 7.13. The van der Waals surface area contributed by atoms with Crippen LogP contribution in [0.2, 0.25) is 0 Å². The van der Waals surface area contributed by atoms with E-state index in [0.29, 0.717) is 18.9 Å². The van der Waals surface area contributed by atoms with E-state index in [9.17, 15) is 4.79 Å². The Morgan fingerprint density at radius 1 is 1.53 bits per heavy atom. The first kappa shape index (κ1) is 13.7. The van der Waals surface area contributed by atoms with Crippen LogP contribution in [-0.2, 0) is 0 Å². The lowest BCUT2D eigenvalue weighted by Crippen LogP contribution is -2.15. The molecule has 2 rings (SSSR count). The van der Waals surface area contributed by atoms with E-state index in [-0.39, 0.29) is 17.8 Å². The van der Waals surface area contributed by atoms with Crippen molar-refractivity contribution >= 4 is 17.2 Å². The molecule has 0 amide bonds. The molecule has 0 N–H and O–H groups in total. The van der Waals surface area contributed by atoms with E-state index in [4.69, 9.17) is 4.74 Å². The molecule has 19 heavy (non-hydrogen) atoms. The molecule has 5 nitrogen and oxygen atoms in total. The van der Waals surface area contributed by atoms with Gasteiger partial charge in [0.15, 0.2) is 5.82 Å². The number of rotatable bonds is 5. The molecular weight excluding hydrogens is 262 g/mol. The second-order valence-corrected chi connectivity index (χ2v) is 5.48. The maximum absolute atomic E-state index is 12.2. The average molecular weight is 279 g/mol. The number of nitrogens with zero attached hydrogens (tertiary/aromatic N) is 3. The Kier molecular flexibility index (Phi) is 4.31. The van der Waals surface area contributed by atoms with Crippen molar-refractivity contribution in [2.24, 2.45) is 5.92 Å². The van der Waals surface area contributed by atoms with Gasteiger partial charge < -0.3 is 4.74 Å². The van der Waals surface area contributed by atoms with Crippen molar-refractivity contribution in [3.63, 3.8) is 0 Å². The van der Waals surface area contributed by atoms with Gasteiger partial charge in [0.1, 0.15) is 0 Å². The predicted octanol–water partition coefficient (Wildman–Crippen LogP) is 3.09. The smallest absolute Gasteiger partial charge is 0.336 e. The van der Waals surface area contributed by atoms with Gasteiger partial charge in [0.05, 0.1) is 11.5 Å².